The van der Waals surface area contributed by atoms with Gasteiger partial charge in [0.25, 0.3) is 0 Å². The molecule has 0 aliphatic heterocycles. The number of carbonyl (C=O) groups is 4. The molecule has 5 rings (SSSR count). The molecule has 1 saturated carbocycles. The largest absolute Gasteiger partial charge is 0.497 e. The molecule has 54 heavy (non-hydrogen) atoms. The van der Waals surface area contributed by atoms with Crippen LogP contribution in [-0.4, -0.2) is 76.4 Å². The highest BCUT2D eigenvalue weighted by molar-refractivity contribution is 6.58. The van der Waals surface area contributed by atoms with Gasteiger partial charge in [0, 0.05) is 23.9 Å². The Bertz CT molecular complexity index is 1580. The fraction of sp³-hybridized carbons (Fsp3) is 0.500. The van der Waals surface area contributed by atoms with Gasteiger partial charge in [0.1, 0.15) is 28.9 Å². The third-order valence-corrected chi connectivity index (χ3v) is 9.20. The Hall–Kier alpha value is -4.56. The number of Topliss-reactive ketones (excluding diaryl/α,β-unsaturated/α-hetero) is 1. The van der Waals surface area contributed by atoms with Crippen molar-refractivity contribution in [3.63, 3.8) is 0 Å². The molecular formula is C40H55BF2O11. The third kappa shape index (κ3) is 15.4. The van der Waals surface area contributed by atoms with Gasteiger partial charge in [0.2, 0.25) is 0 Å². The van der Waals surface area contributed by atoms with E-state index in [4.69, 9.17) is 24.3 Å². The normalized spacial score (nSPS) is 17.7. The molecule has 2 unspecified atom stereocenters. The Kier molecular flexibility index (Phi) is 21.7. The Balaban J connectivity index is 0.000000370. The number of hydrogen-bond acceptors (Lipinski definition) is 11. The summed E-state index contributed by atoms with van der Waals surface area (Å²) in [5.74, 6) is -0.0807. The molecule has 0 heterocycles. The highest BCUT2D eigenvalue weighted by Gasteiger charge is 2.26. The summed E-state index contributed by atoms with van der Waals surface area (Å²) in [6.07, 6.45) is 11.3. The number of rotatable bonds is 7. The van der Waals surface area contributed by atoms with Crippen LogP contribution in [0.1, 0.15) is 84.1 Å². The number of carbonyl (C=O) groups excluding carboxylic acids is 4. The van der Waals surface area contributed by atoms with Crippen LogP contribution >= 0.6 is 0 Å². The summed E-state index contributed by atoms with van der Waals surface area (Å²) in [4.78, 5) is 44.2. The number of methoxy groups -OCH3 is 5. The number of esters is 3. The predicted octanol–water partition coefficient (Wildman–Crippen LogP) is 6.17. The Labute approximate surface area is 317 Å². The molecule has 0 aromatic heterocycles. The fourth-order valence-corrected chi connectivity index (χ4v) is 5.87. The number of allylic oxidation sites excluding steroid dienone is 4. The minimum absolute atomic E-state index is 0. The first kappa shape index (κ1) is 47.5. The second-order valence-corrected chi connectivity index (χ2v) is 12.7. The number of ketones is 1. The van der Waals surface area contributed by atoms with Crippen LogP contribution in [0, 0.1) is 29.4 Å². The molecule has 0 amide bonds. The summed E-state index contributed by atoms with van der Waals surface area (Å²) >= 11 is 0. The number of ether oxygens (including phenoxy) is 5. The molecule has 2 aromatic carbocycles. The number of benzene rings is 2. The van der Waals surface area contributed by atoms with E-state index in [1.807, 2.05) is 6.08 Å². The van der Waals surface area contributed by atoms with Crippen LogP contribution in [0.15, 0.2) is 54.1 Å². The van der Waals surface area contributed by atoms with Crippen molar-refractivity contribution in [3.05, 3.63) is 71.3 Å². The summed E-state index contributed by atoms with van der Waals surface area (Å²) in [6, 6.07) is 8.45. The van der Waals surface area contributed by atoms with Crippen molar-refractivity contribution in [2.24, 2.45) is 17.8 Å². The van der Waals surface area contributed by atoms with Gasteiger partial charge in [-0.2, -0.15) is 0 Å². The van der Waals surface area contributed by atoms with Gasteiger partial charge in [-0.3, -0.25) is 19.2 Å². The maximum absolute atomic E-state index is 13.8. The quantitative estimate of drug-likeness (QED) is 0.144. The van der Waals surface area contributed by atoms with Crippen LogP contribution in [0.5, 0.6) is 11.5 Å². The lowest BCUT2D eigenvalue weighted by Gasteiger charge is -2.20. The highest BCUT2D eigenvalue weighted by Crippen LogP contribution is 2.33. The lowest BCUT2D eigenvalue weighted by molar-refractivity contribution is -0.147. The molecule has 1 fully saturated rings. The maximum Gasteiger partial charge on any atom is 0.491 e. The topological polar surface area (TPSA) is 155 Å². The van der Waals surface area contributed by atoms with Gasteiger partial charge in [0.15, 0.2) is 0 Å². The average Bonchev–Trinajstić information content (AvgIpc) is 3.18. The van der Waals surface area contributed by atoms with E-state index < -0.39 is 12.9 Å². The molecule has 3 aliphatic rings. The molecule has 0 radical (unpaired) electrons. The van der Waals surface area contributed by atoms with Crippen LogP contribution < -0.4 is 14.9 Å². The minimum Gasteiger partial charge on any atom is -0.497 e. The first-order valence-corrected chi connectivity index (χ1v) is 17.4. The summed E-state index contributed by atoms with van der Waals surface area (Å²) in [5, 5.41) is 17.4. The molecule has 2 atom stereocenters. The van der Waals surface area contributed by atoms with Gasteiger partial charge in [-0.1, -0.05) is 25.2 Å². The van der Waals surface area contributed by atoms with Gasteiger partial charge < -0.3 is 33.7 Å². The van der Waals surface area contributed by atoms with E-state index >= 15 is 0 Å². The zero-order chi connectivity index (χ0) is 39.5. The van der Waals surface area contributed by atoms with E-state index in [0.29, 0.717) is 62.0 Å². The first-order valence-electron chi connectivity index (χ1n) is 17.4. The Morgan fingerprint density at radius 2 is 1.13 bits per heavy atom. The van der Waals surface area contributed by atoms with Gasteiger partial charge in [-0.05, 0) is 100 Å². The van der Waals surface area contributed by atoms with Gasteiger partial charge in [-0.25, -0.2) is 8.78 Å². The van der Waals surface area contributed by atoms with E-state index in [9.17, 15) is 28.0 Å². The van der Waals surface area contributed by atoms with Gasteiger partial charge in [-0.15, -0.1) is 0 Å². The molecule has 298 valence electrons. The zero-order valence-electron chi connectivity index (χ0n) is 31.3. The number of hydrogen-bond donors (Lipinski definition) is 2. The van der Waals surface area contributed by atoms with E-state index in [0.717, 1.165) is 30.9 Å². The second-order valence-electron chi connectivity index (χ2n) is 12.7. The van der Waals surface area contributed by atoms with Crippen LogP contribution in [0.25, 0.3) is 5.57 Å². The third-order valence-electron chi connectivity index (χ3n) is 9.20. The SMILES string of the molecule is C.COC(=O)C1CC=C(C)CC1.COC(=O)C1CC=C(c2cc(OC)ccc2F)CC1.COC(=O)C1CCC(=O)CC1.COc1ccc(F)c(B(O)O)c1. The molecule has 0 saturated heterocycles. The predicted molar refractivity (Wildman–Crippen MR) is 202 cm³/mol. The summed E-state index contributed by atoms with van der Waals surface area (Å²) in [7, 11) is 5.40. The fourth-order valence-electron chi connectivity index (χ4n) is 5.87. The van der Waals surface area contributed by atoms with E-state index in [2.05, 4.69) is 22.5 Å². The standard InChI is InChI=1S/C15H17FO3.C9H14O2.C8H12O3.C7H8BFO3.CH4/c1-18-12-7-8-14(16)13(9-12)10-3-5-11(6-4-10)15(17)19-2;1-7-3-5-8(6-4-7)9(10)11-2;1-11-8(10)6-2-4-7(9)5-3-6;1-12-5-2-3-7(9)6(4-5)8(10)11;/h3,7-9,11H,4-6H2,1-2H3;3,8H,4-6H2,1-2H3;6H,2-5H2,1H3;2-4,10-11H,1H3;1H4. The summed E-state index contributed by atoms with van der Waals surface area (Å²) < 4.78 is 50.4. The van der Waals surface area contributed by atoms with Crippen molar-refractivity contribution < 1.29 is 61.7 Å². The Morgan fingerprint density at radius 3 is 1.57 bits per heavy atom. The minimum atomic E-state index is -1.81. The van der Waals surface area contributed by atoms with Crippen LogP contribution in [0.3, 0.4) is 0 Å². The van der Waals surface area contributed by atoms with Crippen molar-refractivity contribution in [2.45, 2.75) is 78.6 Å². The zero-order valence-corrected chi connectivity index (χ0v) is 31.3. The first-order chi connectivity index (χ1) is 25.3. The molecule has 11 nitrogen and oxygen atoms in total. The summed E-state index contributed by atoms with van der Waals surface area (Å²) in [5.41, 5.74) is 2.69. The number of halogens is 2. The molecule has 0 bridgehead atoms. The molecule has 3 aliphatic carbocycles. The van der Waals surface area contributed by atoms with Gasteiger partial charge >= 0.3 is 25.0 Å². The van der Waals surface area contributed by atoms with Crippen LogP contribution in [0.4, 0.5) is 8.78 Å². The average molecular weight is 761 g/mol. The second kappa shape index (κ2) is 24.7. The highest BCUT2D eigenvalue weighted by atomic mass is 19.1. The maximum atomic E-state index is 13.8. The lowest BCUT2D eigenvalue weighted by atomic mass is 9.80. The van der Waals surface area contributed by atoms with E-state index in [1.165, 1.54) is 52.2 Å². The molecule has 2 aromatic rings. The van der Waals surface area contributed by atoms with Crippen molar-refractivity contribution in [1.29, 1.82) is 0 Å². The van der Waals surface area contributed by atoms with Crippen LogP contribution in [-0.2, 0) is 33.4 Å². The Morgan fingerprint density at radius 1 is 0.667 bits per heavy atom. The molecular weight excluding hydrogens is 705 g/mol. The smallest absolute Gasteiger partial charge is 0.491 e. The molecule has 14 heteroatoms. The van der Waals surface area contributed by atoms with Crippen molar-refractivity contribution in [2.75, 3.05) is 35.5 Å². The molecule has 2 N–H and O–H groups in total. The van der Waals surface area contributed by atoms with Crippen molar-refractivity contribution in [1.82, 2.24) is 0 Å². The van der Waals surface area contributed by atoms with Crippen LogP contribution in [0.2, 0.25) is 0 Å². The van der Waals surface area contributed by atoms with Crippen molar-refractivity contribution >= 4 is 41.8 Å². The van der Waals surface area contributed by atoms with E-state index in [1.54, 1.807) is 19.2 Å². The van der Waals surface area contributed by atoms with Gasteiger partial charge in [0.05, 0.1) is 53.3 Å². The van der Waals surface area contributed by atoms with Crippen molar-refractivity contribution in [3.8, 4) is 11.5 Å². The molecule has 0 spiro atoms. The summed E-state index contributed by atoms with van der Waals surface area (Å²) in [6.45, 7) is 2.10. The monoisotopic (exact) mass is 760 g/mol. The lowest BCUT2D eigenvalue weighted by Crippen LogP contribution is -2.32. The van der Waals surface area contributed by atoms with E-state index in [-0.39, 0.29) is 60.2 Å².